The summed E-state index contributed by atoms with van der Waals surface area (Å²) in [6.07, 6.45) is 2.54. The molecule has 0 radical (unpaired) electrons. The van der Waals surface area contributed by atoms with Crippen LogP contribution >= 0.6 is 22.9 Å². The van der Waals surface area contributed by atoms with Gasteiger partial charge in [0.15, 0.2) is 5.65 Å². The van der Waals surface area contributed by atoms with E-state index in [4.69, 9.17) is 16.3 Å². The van der Waals surface area contributed by atoms with Gasteiger partial charge in [-0.25, -0.2) is 19.9 Å². The molecule has 0 bridgehead atoms. The zero-order chi connectivity index (χ0) is 33.7. The first kappa shape index (κ1) is 34.6. The molecule has 0 aliphatic carbocycles. The van der Waals surface area contributed by atoms with Crippen LogP contribution in [0.4, 0.5) is 19.0 Å². The number of halogens is 4. The number of carbonyl (C=O) groups excluding carboxylic acids is 2. The Hall–Kier alpha value is -3.73. The largest absolute Gasteiger partial charge is 0.418 e. The van der Waals surface area contributed by atoms with Crippen LogP contribution in [-0.4, -0.2) is 85.8 Å². The first-order valence-corrected chi connectivity index (χ1v) is 16.4. The van der Waals surface area contributed by atoms with Crippen molar-refractivity contribution >= 4 is 51.6 Å². The molecule has 1 fully saturated rings. The van der Waals surface area contributed by atoms with Gasteiger partial charge in [0.25, 0.3) is 11.8 Å². The van der Waals surface area contributed by atoms with Gasteiger partial charge in [0.2, 0.25) is 0 Å². The third-order valence-corrected chi connectivity index (χ3v) is 9.46. The standard InChI is InChI=1S/C30H35ClF3N9O3S/c1-4-18(2)5-6-42-16-20-25(37-17-38-26(20)40-42)27(44)39-19(3)28-36-15-23(47-28)29(45)43(8-7-41-9-11-46-12-10-41)24-13-21(30(32,33)34)22(31)14-35-24/h13-19H,4-12H2,1-3H3,(H,39,44). The number of hydrogen-bond donors (Lipinski definition) is 1. The number of aryl methyl sites for hydroxylation is 1. The van der Waals surface area contributed by atoms with Gasteiger partial charge in [-0.05, 0) is 25.3 Å². The fraction of sp³-hybridized carbons (Fsp3) is 0.500. The summed E-state index contributed by atoms with van der Waals surface area (Å²) in [5.74, 6) is -0.699. The molecule has 2 atom stereocenters. The number of anilines is 1. The Bertz CT molecular complexity index is 1710. The number of aromatic nitrogens is 6. The number of nitrogens with zero attached hydrogens (tertiary/aromatic N) is 8. The van der Waals surface area contributed by atoms with E-state index < -0.39 is 34.6 Å². The molecule has 4 aromatic rings. The van der Waals surface area contributed by atoms with E-state index in [2.05, 4.69) is 49.1 Å². The number of ether oxygens (including phenoxy) is 1. The number of pyridine rings is 1. The van der Waals surface area contributed by atoms with Crippen LogP contribution in [0.2, 0.25) is 5.02 Å². The average Bonchev–Trinajstić information content (AvgIpc) is 3.72. The Kier molecular flexibility index (Phi) is 11.0. The Morgan fingerprint density at radius 1 is 1.13 bits per heavy atom. The number of nitrogens with one attached hydrogen (secondary N) is 1. The van der Waals surface area contributed by atoms with Gasteiger partial charge in [0.05, 0.1) is 41.4 Å². The first-order chi connectivity index (χ1) is 22.4. The van der Waals surface area contributed by atoms with Crippen molar-refractivity contribution in [2.75, 3.05) is 44.3 Å². The molecule has 0 aromatic carbocycles. The lowest BCUT2D eigenvalue weighted by Crippen LogP contribution is -2.43. The van der Waals surface area contributed by atoms with Gasteiger partial charge in [-0.2, -0.15) is 18.3 Å². The molecule has 1 aliphatic rings. The van der Waals surface area contributed by atoms with Gasteiger partial charge in [-0.15, -0.1) is 11.3 Å². The third-order valence-electron chi connectivity index (χ3n) is 7.99. The number of hydrogen-bond acceptors (Lipinski definition) is 10. The summed E-state index contributed by atoms with van der Waals surface area (Å²) >= 11 is 6.83. The molecule has 5 heterocycles. The SMILES string of the molecule is CCC(C)CCn1cc2c(C(=O)NC(C)c3ncc(C(=O)N(CCN4CCOCC4)c4cc(C(F)(F)F)c(Cl)cn4)s3)ncnc2n1. The van der Waals surface area contributed by atoms with E-state index in [1.807, 2.05) is 0 Å². The molecule has 1 aliphatic heterocycles. The minimum Gasteiger partial charge on any atom is -0.379 e. The lowest BCUT2D eigenvalue weighted by Gasteiger charge is -2.29. The smallest absolute Gasteiger partial charge is 0.379 e. The molecule has 17 heteroatoms. The lowest BCUT2D eigenvalue weighted by molar-refractivity contribution is -0.137. The summed E-state index contributed by atoms with van der Waals surface area (Å²) in [7, 11) is 0. The van der Waals surface area contributed by atoms with Gasteiger partial charge in [0, 0.05) is 45.1 Å². The molecule has 12 nitrogen and oxygen atoms in total. The predicted octanol–water partition coefficient (Wildman–Crippen LogP) is 5.26. The number of amides is 2. The fourth-order valence-corrected chi connectivity index (χ4v) is 6.04. The summed E-state index contributed by atoms with van der Waals surface area (Å²) in [5, 5.41) is 7.72. The van der Waals surface area contributed by atoms with Gasteiger partial charge < -0.3 is 10.1 Å². The molecule has 5 rings (SSSR count). The molecule has 252 valence electrons. The van der Waals surface area contributed by atoms with Gasteiger partial charge in [0.1, 0.15) is 27.7 Å². The normalized spacial score (nSPS) is 15.5. The summed E-state index contributed by atoms with van der Waals surface area (Å²) in [5.41, 5.74) is -0.520. The predicted molar refractivity (Wildman–Crippen MR) is 171 cm³/mol. The summed E-state index contributed by atoms with van der Waals surface area (Å²) in [4.78, 5) is 47.3. The van der Waals surface area contributed by atoms with Crippen molar-refractivity contribution in [3.8, 4) is 0 Å². The van der Waals surface area contributed by atoms with E-state index >= 15 is 0 Å². The van der Waals surface area contributed by atoms with Crippen LogP contribution in [0.3, 0.4) is 0 Å². The minimum atomic E-state index is -4.74. The molecule has 2 amide bonds. The third kappa shape index (κ3) is 8.41. The summed E-state index contributed by atoms with van der Waals surface area (Å²) in [6.45, 7) is 9.46. The molecule has 1 saturated heterocycles. The Labute approximate surface area is 278 Å². The molecule has 0 saturated carbocycles. The second-order valence-corrected chi connectivity index (χ2v) is 12.8. The van der Waals surface area contributed by atoms with Crippen molar-refractivity contribution in [3.05, 3.63) is 57.1 Å². The lowest BCUT2D eigenvalue weighted by atomic mass is 10.1. The van der Waals surface area contributed by atoms with Crippen molar-refractivity contribution in [1.29, 1.82) is 0 Å². The highest BCUT2D eigenvalue weighted by molar-refractivity contribution is 7.13. The fourth-order valence-electron chi connectivity index (χ4n) is 4.96. The maximum atomic E-state index is 13.8. The number of alkyl halides is 3. The van der Waals surface area contributed by atoms with Crippen molar-refractivity contribution in [2.45, 2.75) is 52.4 Å². The topological polar surface area (TPSA) is 131 Å². The molecular weight excluding hydrogens is 659 g/mol. The number of rotatable bonds is 12. The van der Waals surface area contributed by atoms with E-state index in [-0.39, 0.29) is 22.9 Å². The van der Waals surface area contributed by atoms with Crippen LogP contribution in [0.15, 0.2) is 31.0 Å². The van der Waals surface area contributed by atoms with Crippen molar-refractivity contribution in [2.24, 2.45) is 5.92 Å². The maximum absolute atomic E-state index is 13.8. The highest BCUT2D eigenvalue weighted by Gasteiger charge is 2.35. The van der Waals surface area contributed by atoms with Crippen LogP contribution < -0.4 is 10.2 Å². The Morgan fingerprint density at radius 3 is 2.62 bits per heavy atom. The zero-order valence-corrected chi connectivity index (χ0v) is 27.7. The average molecular weight is 694 g/mol. The second-order valence-electron chi connectivity index (χ2n) is 11.3. The molecule has 2 unspecified atom stereocenters. The highest BCUT2D eigenvalue weighted by Crippen LogP contribution is 2.36. The van der Waals surface area contributed by atoms with Crippen LogP contribution in [-0.2, 0) is 17.5 Å². The van der Waals surface area contributed by atoms with E-state index in [9.17, 15) is 22.8 Å². The van der Waals surface area contributed by atoms with Gasteiger partial charge >= 0.3 is 6.18 Å². The Balaban J connectivity index is 1.33. The molecule has 4 aromatic heterocycles. The second kappa shape index (κ2) is 15.0. The number of fused-ring (bicyclic) bond motifs is 1. The van der Waals surface area contributed by atoms with Gasteiger partial charge in [-0.1, -0.05) is 31.9 Å². The quantitative estimate of drug-likeness (QED) is 0.211. The van der Waals surface area contributed by atoms with Crippen molar-refractivity contribution in [3.63, 3.8) is 0 Å². The molecule has 47 heavy (non-hydrogen) atoms. The van der Waals surface area contributed by atoms with E-state index in [0.717, 1.165) is 36.4 Å². The summed E-state index contributed by atoms with van der Waals surface area (Å²) < 4.78 is 48.2. The number of carbonyl (C=O) groups is 2. The number of thiazole rings is 1. The monoisotopic (exact) mass is 693 g/mol. The maximum Gasteiger partial charge on any atom is 0.418 e. The van der Waals surface area contributed by atoms with Crippen LogP contribution in [0, 0.1) is 5.92 Å². The molecular formula is C30H35ClF3N9O3S. The Morgan fingerprint density at radius 2 is 1.89 bits per heavy atom. The van der Waals surface area contributed by atoms with Crippen LogP contribution in [0.1, 0.15) is 70.4 Å². The van der Waals surface area contributed by atoms with Crippen molar-refractivity contribution in [1.82, 2.24) is 39.9 Å². The van der Waals surface area contributed by atoms with Gasteiger partial charge in [-0.3, -0.25) is 24.1 Å². The summed E-state index contributed by atoms with van der Waals surface area (Å²) in [6, 6.07) is 0.158. The molecule has 1 N–H and O–H groups in total. The van der Waals surface area contributed by atoms with E-state index in [1.54, 1.807) is 17.8 Å². The minimum absolute atomic E-state index is 0.0685. The first-order valence-electron chi connectivity index (χ1n) is 15.2. The highest BCUT2D eigenvalue weighted by atomic mass is 35.5. The van der Waals surface area contributed by atoms with Crippen molar-refractivity contribution < 1.29 is 27.5 Å². The van der Waals surface area contributed by atoms with E-state index in [1.165, 1.54) is 17.4 Å². The van der Waals surface area contributed by atoms with Crippen LogP contribution in [0.25, 0.3) is 11.0 Å². The zero-order valence-electron chi connectivity index (χ0n) is 26.1. The van der Waals surface area contributed by atoms with Crippen LogP contribution in [0.5, 0.6) is 0 Å². The molecule has 0 spiro atoms. The van der Waals surface area contributed by atoms with E-state index in [0.29, 0.717) is 61.4 Å². The number of morpholine rings is 1.